The largest absolute Gasteiger partial charge is 0.480 e. The van der Waals surface area contributed by atoms with Crippen molar-refractivity contribution >= 4 is 17.7 Å². The molecule has 0 amide bonds. The van der Waals surface area contributed by atoms with Crippen LogP contribution in [0.3, 0.4) is 0 Å². The number of aliphatic carboxylic acids is 1. The summed E-state index contributed by atoms with van der Waals surface area (Å²) >= 11 is 1.79. The Labute approximate surface area is 121 Å². The minimum Gasteiger partial charge on any atom is -0.480 e. The van der Waals surface area contributed by atoms with Gasteiger partial charge in [0.1, 0.15) is 18.1 Å². The van der Waals surface area contributed by atoms with E-state index in [2.05, 4.69) is 17.0 Å². The first-order chi connectivity index (χ1) is 9.60. The summed E-state index contributed by atoms with van der Waals surface area (Å²) in [5.41, 5.74) is 0. The topological polar surface area (TPSA) is 81.2 Å². The Morgan fingerprint density at radius 2 is 2.30 bits per heavy atom. The third kappa shape index (κ3) is 3.63. The molecule has 1 N–H and O–H groups in total. The fraction of sp³-hybridized carbons (Fsp3) is 0.462. The summed E-state index contributed by atoms with van der Waals surface area (Å²) in [5.74, 6) is 3.45. The van der Waals surface area contributed by atoms with Crippen molar-refractivity contribution in [3.8, 4) is 11.6 Å². The van der Waals surface area contributed by atoms with Crippen LogP contribution in [0.25, 0.3) is 11.6 Å². The first-order valence-corrected chi connectivity index (χ1v) is 7.55. The van der Waals surface area contributed by atoms with Crippen molar-refractivity contribution in [1.29, 1.82) is 0 Å². The molecule has 0 radical (unpaired) electrons. The van der Waals surface area contributed by atoms with Gasteiger partial charge in [0, 0.05) is 12.2 Å². The number of nitrogens with zero attached hydrogens (tertiary/aromatic N) is 3. The standard InChI is InChI=1S/C13H17N3O3S/c1-3-20-7-6-11-14-13(10-5-4-9(2)19-10)15-16(11)8-12(17)18/h4-5H,3,6-8H2,1-2H3,(H,17,18). The van der Waals surface area contributed by atoms with E-state index in [9.17, 15) is 4.79 Å². The number of thioether (sulfide) groups is 1. The highest BCUT2D eigenvalue weighted by molar-refractivity contribution is 7.99. The van der Waals surface area contributed by atoms with Crippen molar-refractivity contribution in [2.24, 2.45) is 0 Å². The van der Waals surface area contributed by atoms with Gasteiger partial charge in [0.15, 0.2) is 5.76 Å². The molecule has 0 aliphatic carbocycles. The van der Waals surface area contributed by atoms with Crippen molar-refractivity contribution in [2.75, 3.05) is 11.5 Å². The van der Waals surface area contributed by atoms with Crippen molar-refractivity contribution in [2.45, 2.75) is 26.8 Å². The second-order valence-corrected chi connectivity index (χ2v) is 5.65. The SMILES string of the molecule is CCSCCc1nc(-c2ccc(C)o2)nn1CC(=O)O. The van der Waals surface area contributed by atoms with Gasteiger partial charge in [-0.15, -0.1) is 5.10 Å². The summed E-state index contributed by atoms with van der Waals surface area (Å²) in [5, 5.41) is 13.2. The lowest BCUT2D eigenvalue weighted by molar-refractivity contribution is -0.137. The van der Waals surface area contributed by atoms with E-state index in [-0.39, 0.29) is 6.54 Å². The minimum atomic E-state index is -0.929. The van der Waals surface area contributed by atoms with Crippen LogP contribution in [0.1, 0.15) is 18.5 Å². The Balaban J connectivity index is 2.23. The van der Waals surface area contributed by atoms with Crippen LogP contribution in [0.2, 0.25) is 0 Å². The lowest BCUT2D eigenvalue weighted by Gasteiger charge is -2.01. The third-order valence-electron chi connectivity index (χ3n) is 2.67. The number of rotatable bonds is 7. The van der Waals surface area contributed by atoms with E-state index in [4.69, 9.17) is 9.52 Å². The molecule has 0 aromatic carbocycles. The molecule has 0 unspecified atom stereocenters. The molecular weight excluding hydrogens is 278 g/mol. The van der Waals surface area contributed by atoms with Crippen LogP contribution in [-0.2, 0) is 17.8 Å². The highest BCUT2D eigenvalue weighted by Crippen LogP contribution is 2.19. The average Bonchev–Trinajstić information content (AvgIpc) is 2.96. The first-order valence-electron chi connectivity index (χ1n) is 6.40. The van der Waals surface area contributed by atoms with Gasteiger partial charge in [-0.25, -0.2) is 9.67 Å². The molecule has 0 aliphatic rings. The zero-order valence-electron chi connectivity index (χ0n) is 11.5. The molecule has 0 aliphatic heterocycles. The molecule has 7 heteroatoms. The molecule has 0 bridgehead atoms. The van der Waals surface area contributed by atoms with Gasteiger partial charge in [0.05, 0.1) is 0 Å². The third-order valence-corrected chi connectivity index (χ3v) is 3.57. The molecule has 2 rings (SSSR count). The number of aromatic nitrogens is 3. The van der Waals surface area contributed by atoms with E-state index >= 15 is 0 Å². The summed E-state index contributed by atoms with van der Waals surface area (Å²) in [4.78, 5) is 15.3. The van der Waals surface area contributed by atoms with Crippen LogP contribution in [0.5, 0.6) is 0 Å². The molecule has 2 aromatic heterocycles. The van der Waals surface area contributed by atoms with Crippen LogP contribution in [0, 0.1) is 6.92 Å². The Kier molecular flexibility index (Phi) is 4.84. The molecule has 0 fully saturated rings. The molecule has 0 saturated heterocycles. The Bertz CT molecular complexity index is 591. The second kappa shape index (κ2) is 6.60. The number of furan rings is 1. The van der Waals surface area contributed by atoms with Crippen molar-refractivity contribution < 1.29 is 14.3 Å². The highest BCUT2D eigenvalue weighted by Gasteiger charge is 2.15. The zero-order valence-corrected chi connectivity index (χ0v) is 12.3. The van der Waals surface area contributed by atoms with E-state index in [1.54, 1.807) is 17.8 Å². The summed E-state index contributed by atoms with van der Waals surface area (Å²) in [6, 6.07) is 3.63. The Morgan fingerprint density at radius 1 is 1.50 bits per heavy atom. The maximum absolute atomic E-state index is 10.9. The van der Waals surface area contributed by atoms with Gasteiger partial charge < -0.3 is 9.52 Å². The number of carboxylic acids is 1. The normalized spacial score (nSPS) is 10.9. The highest BCUT2D eigenvalue weighted by atomic mass is 32.2. The van der Waals surface area contributed by atoms with Crippen LogP contribution >= 0.6 is 11.8 Å². The van der Waals surface area contributed by atoms with Gasteiger partial charge in [0.2, 0.25) is 5.82 Å². The molecule has 20 heavy (non-hydrogen) atoms. The van der Waals surface area contributed by atoms with E-state index in [0.29, 0.717) is 23.8 Å². The monoisotopic (exact) mass is 295 g/mol. The zero-order chi connectivity index (χ0) is 14.5. The number of carbonyl (C=O) groups is 1. The predicted octanol–water partition coefficient (Wildman–Crippen LogP) is 2.23. The Morgan fingerprint density at radius 3 is 2.90 bits per heavy atom. The molecular formula is C13H17N3O3S. The predicted molar refractivity (Wildman–Crippen MR) is 76.8 cm³/mol. The lowest BCUT2D eigenvalue weighted by Crippen LogP contribution is -2.14. The van der Waals surface area contributed by atoms with Crippen LogP contribution in [-0.4, -0.2) is 37.3 Å². The van der Waals surface area contributed by atoms with Crippen LogP contribution < -0.4 is 0 Å². The summed E-state index contributed by atoms with van der Waals surface area (Å²) < 4.78 is 6.91. The molecule has 108 valence electrons. The molecule has 0 spiro atoms. The molecule has 0 saturated carbocycles. The van der Waals surface area contributed by atoms with Crippen LogP contribution in [0.15, 0.2) is 16.5 Å². The van der Waals surface area contributed by atoms with Gasteiger partial charge in [-0.2, -0.15) is 11.8 Å². The van der Waals surface area contributed by atoms with Crippen molar-refractivity contribution in [1.82, 2.24) is 14.8 Å². The van der Waals surface area contributed by atoms with Gasteiger partial charge in [0.25, 0.3) is 0 Å². The van der Waals surface area contributed by atoms with Crippen molar-refractivity contribution in [3.05, 3.63) is 23.7 Å². The lowest BCUT2D eigenvalue weighted by atomic mass is 10.4. The van der Waals surface area contributed by atoms with E-state index < -0.39 is 5.97 Å². The fourth-order valence-corrected chi connectivity index (χ4v) is 2.40. The fourth-order valence-electron chi connectivity index (χ4n) is 1.78. The average molecular weight is 295 g/mol. The number of aryl methyl sites for hydroxylation is 2. The van der Waals surface area contributed by atoms with Crippen LogP contribution in [0.4, 0.5) is 0 Å². The smallest absolute Gasteiger partial charge is 0.325 e. The summed E-state index contributed by atoms with van der Waals surface area (Å²) in [7, 11) is 0. The Hall–Kier alpha value is -1.76. The van der Waals surface area contributed by atoms with E-state index in [0.717, 1.165) is 17.3 Å². The maximum Gasteiger partial charge on any atom is 0.325 e. The van der Waals surface area contributed by atoms with Gasteiger partial charge in [-0.05, 0) is 24.8 Å². The van der Waals surface area contributed by atoms with Gasteiger partial charge >= 0.3 is 5.97 Å². The maximum atomic E-state index is 10.9. The summed E-state index contributed by atoms with van der Waals surface area (Å²) in [6.07, 6.45) is 0.693. The first kappa shape index (κ1) is 14.6. The second-order valence-electron chi connectivity index (χ2n) is 4.26. The van der Waals surface area contributed by atoms with Gasteiger partial charge in [-0.1, -0.05) is 6.92 Å². The van der Waals surface area contributed by atoms with Gasteiger partial charge in [-0.3, -0.25) is 4.79 Å². The quantitative estimate of drug-likeness (QED) is 0.789. The molecule has 0 atom stereocenters. The molecule has 2 heterocycles. The minimum absolute atomic E-state index is 0.182. The molecule has 2 aromatic rings. The number of hydrogen-bond donors (Lipinski definition) is 1. The van der Waals surface area contributed by atoms with Crippen molar-refractivity contribution in [3.63, 3.8) is 0 Å². The number of hydrogen-bond acceptors (Lipinski definition) is 5. The number of carboxylic acid groups (broad SMARTS) is 1. The van der Waals surface area contributed by atoms with E-state index in [1.165, 1.54) is 4.68 Å². The summed E-state index contributed by atoms with van der Waals surface area (Å²) in [6.45, 7) is 3.75. The molecule has 6 nitrogen and oxygen atoms in total. The van der Waals surface area contributed by atoms with E-state index in [1.807, 2.05) is 13.0 Å².